The zero-order valence-corrected chi connectivity index (χ0v) is 15.0. The molecule has 7 nitrogen and oxygen atoms in total. The molecule has 8 heteroatoms. The van der Waals surface area contributed by atoms with Crippen LogP contribution in [0.1, 0.15) is 30.3 Å². The highest BCUT2D eigenvalue weighted by Crippen LogP contribution is 2.20. The topological polar surface area (TPSA) is 88.6 Å². The molecule has 1 atom stereocenters. The van der Waals surface area contributed by atoms with Crippen molar-refractivity contribution >= 4 is 21.4 Å². The van der Waals surface area contributed by atoms with Gasteiger partial charge in [-0.3, -0.25) is 9.78 Å². The maximum atomic E-state index is 12.7. The lowest BCUT2D eigenvalue weighted by atomic mass is 10.2. The molecule has 2 rings (SSSR count). The second-order valence-electron chi connectivity index (χ2n) is 5.85. The summed E-state index contributed by atoms with van der Waals surface area (Å²) in [5.41, 5.74) is 1.15. The maximum Gasteiger partial charge on any atom is 0.272 e. The van der Waals surface area contributed by atoms with Crippen molar-refractivity contribution < 1.29 is 17.9 Å². The zero-order chi connectivity index (χ0) is 17.6. The molecule has 0 spiro atoms. The maximum absolute atomic E-state index is 12.7. The van der Waals surface area contributed by atoms with Crippen LogP contribution < -0.4 is 5.32 Å². The molecule has 1 aromatic rings. The van der Waals surface area contributed by atoms with Crippen LogP contribution in [0.25, 0.3) is 0 Å². The van der Waals surface area contributed by atoms with E-state index in [1.54, 1.807) is 30.3 Å². The van der Waals surface area contributed by atoms with Crippen molar-refractivity contribution in [3.63, 3.8) is 0 Å². The van der Waals surface area contributed by atoms with E-state index in [0.29, 0.717) is 25.3 Å². The summed E-state index contributed by atoms with van der Waals surface area (Å²) in [5.74, 6) is -0.0301. The first-order valence-electron chi connectivity index (χ1n) is 8.17. The highest BCUT2D eigenvalue weighted by molar-refractivity contribution is 7.91. The van der Waals surface area contributed by atoms with Gasteiger partial charge in [0.15, 0.2) is 9.84 Å². The molecular formula is C16H25N3O4S. The number of hydrogen-bond acceptors (Lipinski definition) is 6. The molecule has 0 aliphatic carbocycles. The summed E-state index contributed by atoms with van der Waals surface area (Å²) in [7, 11) is -1.37. The first kappa shape index (κ1) is 18.7. The van der Waals surface area contributed by atoms with Gasteiger partial charge < -0.3 is 15.0 Å². The van der Waals surface area contributed by atoms with Crippen molar-refractivity contribution in [2.24, 2.45) is 0 Å². The number of carbonyl (C=O) groups excluding carboxylic acids is 1. The third kappa shape index (κ3) is 4.91. The standard InChI is InChI=1S/C16H25N3O4S/c1-3-19(14-6-10-24(21,22)12-14)16(20)15-11-13(5-8-18-15)17-7-4-9-23-2/h5,8,11,14H,3-4,6-7,9-10,12H2,1-2H3,(H,17,18). The fourth-order valence-electron chi connectivity index (χ4n) is 2.84. The van der Waals surface area contributed by atoms with Crippen LogP contribution >= 0.6 is 0 Å². The number of rotatable bonds is 8. The van der Waals surface area contributed by atoms with Gasteiger partial charge >= 0.3 is 0 Å². The Morgan fingerprint density at radius 3 is 2.92 bits per heavy atom. The third-order valence-corrected chi connectivity index (χ3v) is 5.83. The minimum atomic E-state index is -3.03. The Kier molecular flexibility index (Phi) is 6.56. The number of nitrogens with zero attached hydrogens (tertiary/aromatic N) is 2. The number of anilines is 1. The van der Waals surface area contributed by atoms with E-state index < -0.39 is 9.84 Å². The fraction of sp³-hybridized carbons (Fsp3) is 0.625. The van der Waals surface area contributed by atoms with Crippen LogP contribution in [0, 0.1) is 0 Å². The van der Waals surface area contributed by atoms with E-state index >= 15 is 0 Å². The normalized spacial score (nSPS) is 19.2. The molecule has 0 bridgehead atoms. The molecule has 2 heterocycles. The van der Waals surface area contributed by atoms with Crippen LogP contribution in [0.2, 0.25) is 0 Å². The van der Waals surface area contributed by atoms with Gasteiger partial charge in [-0.05, 0) is 31.9 Å². The number of hydrogen-bond donors (Lipinski definition) is 1. The third-order valence-electron chi connectivity index (χ3n) is 4.08. The van der Waals surface area contributed by atoms with Crippen LogP contribution in [-0.2, 0) is 14.6 Å². The summed E-state index contributed by atoms with van der Waals surface area (Å²) in [5, 5.41) is 3.23. The molecule has 0 saturated carbocycles. The second-order valence-corrected chi connectivity index (χ2v) is 8.08. The minimum Gasteiger partial charge on any atom is -0.385 e. The Hall–Kier alpha value is -1.67. The number of nitrogens with one attached hydrogen (secondary N) is 1. The zero-order valence-electron chi connectivity index (χ0n) is 14.2. The van der Waals surface area contributed by atoms with Gasteiger partial charge in [0.05, 0.1) is 11.5 Å². The summed E-state index contributed by atoms with van der Waals surface area (Å²) in [6.07, 6.45) is 2.95. The van der Waals surface area contributed by atoms with Gasteiger partial charge in [-0.25, -0.2) is 8.42 Å². The van der Waals surface area contributed by atoms with Crippen molar-refractivity contribution in [3.05, 3.63) is 24.0 Å². The number of aromatic nitrogens is 1. The predicted molar refractivity (Wildman–Crippen MR) is 93.0 cm³/mol. The molecule has 1 aliphatic heterocycles. The van der Waals surface area contributed by atoms with Gasteiger partial charge in [-0.2, -0.15) is 0 Å². The van der Waals surface area contributed by atoms with E-state index in [1.165, 1.54) is 0 Å². The average Bonchev–Trinajstić information content (AvgIpc) is 2.92. The lowest BCUT2D eigenvalue weighted by Crippen LogP contribution is -2.41. The summed E-state index contributed by atoms with van der Waals surface area (Å²) in [4.78, 5) is 18.5. The van der Waals surface area contributed by atoms with Crippen molar-refractivity contribution in [2.75, 3.05) is 43.6 Å². The van der Waals surface area contributed by atoms with E-state index in [4.69, 9.17) is 4.74 Å². The summed E-state index contributed by atoms with van der Waals surface area (Å²) >= 11 is 0. The average molecular weight is 355 g/mol. The van der Waals surface area contributed by atoms with E-state index in [1.807, 2.05) is 6.92 Å². The highest BCUT2D eigenvalue weighted by atomic mass is 32.2. The number of sulfone groups is 1. The molecule has 0 aromatic carbocycles. The largest absolute Gasteiger partial charge is 0.385 e. The SMILES string of the molecule is CCN(C(=O)c1cc(NCCCOC)ccn1)C1CCS(=O)(=O)C1. The van der Waals surface area contributed by atoms with Crippen LogP contribution in [0.5, 0.6) is 0 Å². The number of pyridine rings is 1. The van der Waals surface area contributed by atoms with Gasteiger partial charge in [-0.1, -0.05) is 0 Å². The molecule has 1 saturated heterocycles. The van der Waals surface area contributed by atoms with Crippen LogP contribution in [0.4, 0.5) is 5.69 Å². The Balaban J connectivity index is 2.04. The smallest absolute Gasteiger partial charge is 0.272 e. The summed E-state index contributed by atoms with van der Waals surface area (Å²) < 4.78 is 28.3. The van der Waals surface area contributed by atoms with E-state index in [9.17, 15) is 13.2 Å². The Bertz CT molecular complexity index is 663. The number of carbonyl (C=O) groups is 1. The fourth-order valence-corrected chi connectivity index (χ4v) is 4.57. The van der Waals surface area contributed by atoms with Crippen LogP contribution in [0.15, 0.2) is 18.3 Å². The van der Waals surface area contributed by atoms with E-state index in [2.05, 4.69) is 10.3 Å². The number of ether oxygens (including phenoxy) is 1. The predicted octanol–water partition coefficient (Wildman–Crippen LogP) is 1.18. The van der Waals surface area contributed by atoms with E-state index in [0.717, 1.165) is 18.7 Å². The molecule has 1 N–H and O–H groups in total. The molecule has 0 radical (unpaired) electrons. The monoisotopic (exact) mass is 355 g/mol. The van der Waals surface area contributed by atoms with Crippen molar-refractivity contribution in [1.82, 2.24) is 9.88 Å². The van der Waals surface area contributed by atoms with Crippen molar-refractivity contribution in [3.8, 4) is 0 Å². The first-order valence-corrected chi connectivity index (χ1v) is 9.99. The van der Waals surface area contributed by atoms with Gasteiger partial charge in [-0.15, -0.1) is 0 Å². The molecule has 24 heavy (non-hydrogen) atoms. The quantitative estimate of drug-likeness (QED) is 0.705. The molecule has 1 amide bonds. The van der Waals surface area contributed by atoms with Gasteiger partial charge in [0.2, 0.25) is 0 Å². The summed E-state index contributed by atoms with van der Waals surface area (Å²) in [6, 6.07) is 3.26. The summed E-state index contributed by atoms with van der Waals surface area (Å²) in [6.45, 7) is 3.73. The van der Waals surface area contributed by atoms with Gasteiger partial charge in [0.25, 0.3) is 5.91 Å². The lowest BCUT2D eigenvalue weighted by molar-refractivity contribution is 0.0702. The number of methoxy groups -OCH3 is 1. The van der Waals surface area contributed by atoms with Crippen molar-refractivity contribution in [1.29, 1.82) is 0 Å². The number of amides is 1. The van der Waals surface area contributed by atoms with E-state index in [-0.39, 0.29) is 23.5 Å². The molecule has 1 aromatic heterocycles. The minimum absolute atomic E-state index is 0.0432. The second kappa shape index (κ2) is 8.43. The van der Waals surface area contributed by atoms with Crippen LogP contribution in [-0.4, -0.2) is 68.6 Å². The van der Waals surface area contributed by atoms with Crippen LogP contribution in [0.3, 0.4) is 0 Å². The molecule has 1 unspecified atom stereocenters. The molecular weight excluding hydrogens is 330 g/mol. The highest BCUT2D eigenvalue weighted by Gasteiger charge is 2.34. The van der Waals surface area contributed by atoms with Gasteiger partial charge in [0.1, 0.15) is 5.69 Å². The molecule has 1 fully saturated rings. The molecule has 1 aliphatic rings. The Labute approximate surface area is 143 Å². The lowest BCUT2D eigenvalue weighted by Gasteiger charge is -2.26. The first-order chi connectivity index (χ1) is 11.5. The Morgan fingerprint density at radius 2 is 2.29 bits per heavy atom. The molecule has 134 valence electrons. The van der Waals surface area contributed by atoms with Crippen molar-refractivity contribution in [2.45, 2.75) is 25.8 Å². The van der Waals surface area contributed by atoms with Gasteiger partial charge in [0, 0.05) is 44.7 Å². The Morgan fingerprint density at radius 1 is 1.50 bits per heavy atom.